The zero-order chi connectivity index (χ0) is 14.5. The summed E-state index contributed by atoms with van der Waals surface area (Å²) in [6.45, 7) is 9.53. The van der Waals surface area contributed by atoms with Crippen LogP contribution < -0.4 is 0 Å². The van der Waals surface area contributed by atoms with Crippen LogP contribution >= 0.6 is 0 Å². The molecule has 1 aromatic rings. The molecule has 1 aromatic carbocycles. The first-order valence-corrected chi connectivity index (χ1v) is 5.75. The Bertz CT molecular complexity index is 447. The third kappa shape index (κ3) is 3.84. The predicted octanol–water partition coefficient (Wildman–Crippen LogP) is 3.62. The van der Waals surface area contributed by atoms with Crippen molar-refractivity contribution in [3.05, 3.63) is 39.4 Å². The summed E-state index contributed by atoms with van der Waals surface area (Å²) in [5.41, 5.74) is -0.0750. The first-order chi connectivity index (χ1) is 8.23. The zero-order valence-corrected chi connectivity index (χ0v) is 11.4. The van der Waals surface area contributed by atoms with Gasteiger partial charge < -0.3 is 5.11 Å². The summed E-state index contributed by atoms with van der Waals surface area (Å²) in [5, 5.41) is 19.6. The quantitative estimate of drug-likeness (QED) is 0.644. The summed E-state index contributed by atoms with van der Waals surface area (Å²) in [5.74, 6) is -1.16. The second kappa shape index (κ2) is 6.14. The van der Waals surface area contributed by atoms with Gasteiger partial charge in [-0.3, -0.25) is 10.1 Å². The van der Waals surface area contributed by atoms with E-state index in [0.717, 1.165) is 6.07 Å². The molecule has 0 amide bonds. The number of hydrogen-bond acceptors (Lipinski definition) is 3. The molecule has 100 valence electrons. The van der Waals surface area contributed by atoms with Crippen LogP contribution in [0.25, 0.3) is 0 Å². The summed E-state index contributed by atoms with van der Waals surface area (Å²) in [7, 11) is 0. The van der Waals surface area contributed by atoms with Crippen molar-refractivity contribution in [2.45, 2.75) is 40.0 Å². The molecule has 1 N–H and O–H groups in total. The maximum absolute atomic E-state index is 10.9. The minimum absolute atomic E-state index is 0.0697. The van der Waals surface area contributed by atoms with Crippen LogP contribution in [0, 0.1) is 10.1 Å². The van der Waals surface area contributed by atoms with E-state index < -0.39 is 10.9 Å². The Labute approximate surface area is 107 Å². The molecule has 0 atom stereocenters. The van der Waals surface area contributed by atoms with Gasteiger partial charge in [-0.1, -0.05) is 40.7 Å². The highest BCUT2D eigenvalue weighted by Gasteiger charge is 2.25. The van der Waals surface area contributed by atoms with Crippen LogP contribution in [0.15, 0.2) is 18.2 Å². The van der Waals surface area contributed by atoms with Crippen molar-refractivity contribution in [1.29, 1.82) is 0 Å². The van der Waals surface area contributed by atoms with E-state index in [4.69, 9.17) is 5.11 Å². The van der Waals surface area contributed by atoms with E-state index in [0.29, 0.717) is 5.56 Å². The standard InChI is InChI=1S/C11H13NO4.C2H6/c1-11(2,3)8-5-4-7(10(13)14)6-9(8)12(15)16;1-2/h4-6H,1-3H3,(H,13,14);1-2H3. The highest BCUT2D eigenvalue weighted by molar-refractivity contribution is 5.88. The highest BCUT2D eigenvalue weighted by atomic mass is 16.6. The number of carbonyl (C=O) groups is 1. The Kier molecular flexibility index (Phi) is 5.49. The second-order valence-corrected chi connectivity index (χ2v) is 4.54. The molecule has 0 saturated heterocycles. The first kappa shape index (κ1) is 16.1. The van der Waals surface area contributed by atoms with Crippen molar-refractivity contribution in [3.63, 3.8) is 0 Å². The maximum Gasteiger partial charge on any atom is 0.335 e. The van der Waals surface area contributed by atoms with Crippen molar-refractivity contribution in [3.8, 4) is 0 Å². The Morgan fingerprint density at radius 1 is 1.28 bits per heavy atom. The number of hydrogen-bond donors (Lipinski definition) is 1. The minimum Gasteiger partial charge on any atom is -0.478 e. The van der Waals surface area contributed by atoms with Gasteiger partial charge in [0, 0.05) is 11.6 Å². The number of carboxylic acid groups (broad SMARTS) is 1. The van der Waals surface area contributed by atoms with E-state index in [1.807, 2.05) is 34.6 Å². The van der Waals surface area contributed by atoms with Gasteiger partial charge in [0.25, 0.3) is 5.69 Å². The lowest BCUT2D eigenvalue weighted by Gasteiger charge is -2.18. The van der Waals surface area contributed by atoms with E-state index in [-0.39, 0.29) is 16.7 Å². The van der Waals surface area contributed by atoms with Gasteiger partial charge in [-0.2, -0.15) is 0 Å². The van der Waals surface area contributed by atoms with Gasteiger partial charge in [0.2, 0.25) is 0 Å². The topological polar surface area (TPSA) is 80.4 Å². The molecule has 0 aliphatic heterocycles. The number of nitro groups is 1. The van der Waals surface area contributed by atoms with Crippen LogP contribution in [0.2, 0.25) is 0 Å². The number of aromatic carboxylic acids is 1. The number of nitrogens with zero attached hydrogens (tertiary/aromatic N) is 1. The van der Waals surface area contributed by atoms with Crippen LogP contribution in [0.3, 0.4) is 0 Å². The molecule has 18 heavy (non-hydrogen) atoms. The monoisotopic (exact) mass is 253 g/mol. The number of rotatable bonds is 2. The summed E-state index contributed by atoms with van der Waals surface area (Å²) < 4.78 is 0. The third-order valence-corrected chi connectivity index (χ3v) is 2.25. The average molecular weight is 253 g/mol. The molecule has 5 nitrogen and oxygen atoms in total. The van der Waals surface area contributed by atoms with Crippen LogP contribution in [-0.2, 0) is 5.41 Å². The van der Waals surface area contributed by atoms with E-state index in [1.165, 1.54) is 12.1 Å². The zero-order valence-electron chi connectivity index (χ0n) is 11.4. The smallest absolute Gasteiger partial charge is 0.335 e. The first-order valence-electron chi connectivity index (χ1n) is 5.75. The normalized spacial score (nSPS) is 10.3. The Morgan fingerprint density at radius 3 is 2.11 bits per heavy atom. The van der Waals surface area contributed by atoms with E-state index >= 15 is 0 Å². The Morgan fingerprint density at radius 2 is 1.78 bits per heavy atom. The Balaban J connectivity index is 0.00000137. The van der Waals surface area contributed by atoms with Crippen molar-refractivity contribution < 1.29 is 14.8 Å². The molecule has 0 radical (unpaired) electrons. The minimum atomic E-state index is -1.16. The van der Waals surface area contributed by atoms with Crippen LogP contribution in [0.4, 0.5) is 5.69 Å². The second-order valence-electron chi connectivity index (χ2n) is 4.54. The van der Waals surface area contributed by atoms with Gasteiger partial charge in [-0.15, -0.1) is 0 Å². The molecule has 0 fully saturated rings. The molecular formula is C13H19NO4. The molecule has 0 bridgehead atoms. The van der Waals surface area contributed by atoms with Crippen LogP contribution in [0.1, 0.15) is 50.5 Å². The maximum atomic E-state index is 10.9. The van der Waals surface area contributed by atoms with E-state index in [2.05, 4.69) is 0 Å². The van der Waals surface area contributed by atoms with Gasteiger partial charge in [-0.05, 0) is 11.5 Å². The molecule has 0 aliphatic rings. The number of carboxylic acids is 1. The molecule has 0 heterocycles. The number of benzene rings is 1. The molecule has 0 aromatic heterocycles. The lowest BCUT2D eigenvalue weighted by molar-refractivity contribution is -0.386. The molecule has 0 aliphatic carbocycles. The molecule has 1 rings (SSSR count). The summed E-state index contributed by atoms with van der Waals surface area (Å²) in [6.07, 6.45) is 0. The van der Waals surface area contributed by atoms with Gasteiger partial charge in [0.05, 0.1) is 10.5 Å². The van der Waals surface area contributed by atoms with Crippen LogP contribution in [-0.4, -0.2) is 16.0 Å². The summed E-state index contributed by atoms with van der Waals surface area (Å²) in [6, 6.07) is 3.99. The van der Waals surface area contributed by atoms with Gasteiger partial charge >= 0.3 is 5.97 Å². The third-order valence-electron chi connectivity index (χ3n) is 2.25. The molecule has 5 heteroatoms. The highest BCUT2D eigenvalue weighted by Crippen LogP contribution is 2.31. The summed E-state index contributed by atoms with van der Waals surface area (Å²) >= 11 is 0. The largest absolute Gasteiger partial charge is 0.478 e. The van der Waals surface area contributed by atoms with Gasteiger partial charge in [-0.25, -0.2) is 4.79 Å². The van der Waals surface area contributed by atoms with E-state index in [1.54, 1.807) is 0 Å². The van der Waals surface area contributed by atoms with E-state index in [9.17, 15) is 14.9 Å². The summed E-state index contributed by atoms with van der Waals surface area (Å²) in [4.78, 5) is 21.0. The SMILES string of the molecule is CC.CC(C)(C)c1ccc(C(=O)O)cc1[N+](=O)[O-]. The fourth-order valence-corrected chi connectivity index (χ4v) is 1.45. The van der Waals surface area contributed by atoms with Crippen molar-refractivity contribution in [1.82, 2.24) is 0 Å². The molecule has 0 unspecified atom stereocenters. The lowest BCUT2D eigenvalue weighted by Crippen LogP contribution is -2.14. The lowest BCUT2D eigenvalue weighted by atomic mass is 9.85. The molecule has 0 saturated carbocycles. The van der Waals surface area contributed by atoms with Crippen molar-refractivity contribution in [2.24, 2.45) is 0 Å². The predicted molar refractivity (Wildman–Crippen MR) is 70.1 cm³/mol. The van der Waals surface area contributed by atoms with Crippen molar-refractivity contribution >= 4 is 11.7 Å². The van der Waals surface area contributed by atoms with Gasteiger partial charge in [0.1, 0.15) is 0 Å². The fraction of sp³-hybridized carbons (Fsp3) is 0.462. The van der Waals surface area contributed by atoms with Gasteiger partial charge in [0.15, 0.2) is 0 Å². The van der Waals surface area contributed by atoms with Crippen LogP contribution in [0.5, 0.6) is 0 Å². The fourth-order valence-electron chi connectivity index (χ4n) is 1.45. The average Bonchev–Trinajstić information content (AvgIpc) is 2.29. The Hall–Kier alpha value is -1.91. The van der Waals surface area contributed by atoms with Crippen molar-refractivity contribution in [2.75, 3.05) is 0 Å². The number of nitro benzene ring substituents is 1. The molecule has 0 spiro atoms. The molecular weight excluding hydrogens is 234 g/mol.